The predicted octanol–water partition coefficient (Wildman–Crippen LogP) is 3.87. The highest BCUT2D eigenvalue weighted by atomic mass is 16.5. The molecule has 1 aliphatic carbocycles. The first kappa shape index (κ1) is 19.2. The van der Waals surface area contributed by atoms with Crippen molar-refractivity contribution in [3.8, 4) is 0 Å². The molecule has 1 saturated carbocycles. The van der Waals surface area contributed by atoms with Crippen molar-refractivity contribution in [1.29, 1.82) is 0 Å². The van der Waals surface area contributed by atoms with Crippen molar-refractivity contribution in [2.75, 3.05) is 26.2 Å². The third-order valence-corrected chi connectivity index (χ3v) is 5.91. The van der Waals surface area contributed by atoms with Gasteiger partial charge in [-0.1, -0.05) is 42.7 Å². The van der Waals surface area contributed by atoms with Crippen LogP contribution in [-0.2, 0) is 11.3 Å². The van der Waals surface area contributed by atoms with Gasteiger partial charge in [0.1, 0.15) is 0 Å². The van der Waals surface area contributed by atoms with Gasteiger partial charge in [-0.05, 0) is 37.5 Å². The van der Waals surface area contributed by atoms with Crippen LogP contribution in [0.4, 0.5) is 0 Å². The largest absolute Gasteiger partial charge is 0.459 e. The zero-order valence-corrected chi connectivity index (χ0v) is 16.7. The number of nitrogens with zero attached hydrogens (tertiary/aromatic N) is 2. The first-order valence-electron chi connectivity index (χ1n) is 10.4. The van der Waals surface area contributed by atoms with Gasteiger partial charge in [0, 0.05) is 32.2 Å². The molecule has 28 heavy (non-hydrogen) atoms. The Hall–Kier alpha value is -2.11. The SMILES string of the molecule is Cc1ccc(CN2CCOC(CN(C(=O)c3ccco3)C3CCCC3)C2)cc1. The number of morpholine rings is 1. The Kier molecular flexibility index (Phi) is 6.13. The number of amides is 1. The number of benzene rings is 1. The third kappa shape index (κ3) is 4.65. The molecule has 2 heterocycles. The van der Waals surface area contributed by atoms with Crippen molar-refractivity contribution in [3.63, 3.8) is 0 Å². The topological polar surface area (TPSA) is 45.9 Å². The van der Waals surface area contributed by atoms with Crippen LogP contribution in [0.3, 0.4) is 0 Å². The van der Waals surface area contributed by atoms with Crippen molar-refractivity contribution >= 4 is 5.91 Å². The Labute approximate surface area is 167 Å². The average molecular weight is 383 g/mol. The second-order valence-corrected chi connectivity index (χ2v) is 8.09. The van der Waals surface area contributed by atoms with E-state index < -0.39 is 0 Å². The van der Waals surface area contributed by atoms with Crippen molar-refractivity contribution in [3.05, 3.63) is 59.5 Å². The molecule has 1 amide bonds. The molecule has 1 aliphatic heterocycles. The summed E-state index contributed by atoms with van der Waals surface area (Å²) < 4.78 is 11.4. The van der Waals surface area contributed by atoms with E-state index in [1.807, 2.05) is 4.90 Å². The molecule has 0 bridgehead atoms. The van der Waals surface area contributed by atoms with Gasteiger partial charge >= 0.3 is 0 Å². The summed E-state index contributed by atoms with van der Waals surface area (Å²) in [7, 11) is 0. The zero-order chi connectivity index (χ0) is 19.3. The van der Waals surface area contributed by atoms with Crippen LogP contribution in [0.1, 0.15) is 47.4 Å². The highest BCUT2D eigenvalue weighted by Crippen LogP contribution is 2.26. The maximum Gasteiger partial charge on any atom is 0.289 e. The monoisotopic (exact) mass is 382 g/mol. The van der Waals surface area contributed by atoms with Gasteiger partial charge in [-0.15, -0.1) is 0 Å². The number of furan rings is 1. The van der Waals surface area contributed by atoms with E-state index in [1.54, 1.807) is 18.4 Å². The smallest absolute Gasteiger partial charge is 0.289 e. The number of hydrogen-bond acceptors (Lipinski definition) is 4. The highest BCUT2D eigenvalue weighted by Gasteiger charge is 2.32. The van der Waals surface area contributed by atoms with Gasteiger partial charge < -0.3 is 14.1 Å². The lowest BCUT2D eigenvalue weighted by Crippen LogP contribution is -2.50. The maximum atomic E-state index is 13.0. The minimum Gasteiger partial charge on any atom is -0.459 e. The molecule has 0 spiro atoms. The average Bonchev–Trinajstić information content (AvgIpc) is 3.42. The number of rotatable bonds is 6. The molecule has 1 aromatic heterocycles. The van der Waals surface area contributed by atoms with Crippen molar-refractivity contribution < 1.29 is 13.9 Å². The lowest BCUT2D eigenvalue weighted by molar-refractivity contribution is -0.0471. The van der Waals surface area contributed by atoms with Crippen LogP contribution in [0.15, 0.2) is 47.1 Å². The lowest BCUT2D eigenvalue weighted by Gasteiger charge is -2.37. The Balaban J connectivity index is 1.41. The van der Waals surface area contributed by atoms with Crippen LogP contribution in [0.2, 0.25) is 0 Å². The van der Waals surface area contributed by atoms with E-state index in [0.717, 1.165) is 32.5 Å². The van der Waals surface area contributed by atoms with Crippen molar-refractivity contribution in [1.82, 2.24) is 9.80 Å². The standard InChI is InChI=1S/C23H30N2O3/c1-18-8-10-19(11-9-18)15-24-12-14-27-21(16-24)17-25(20-5-2-3-6-20)23(26)22-7-4-13-28-22/h4,7-11,13,20-21H,2-3,5-6,12,14-17H2,1H3. The van der Waals surface area contributed by atoms with Crippen LogP contribution < -0.4 is 0 Å². The van der Waals surface area contributed by atoms with Gasteiger partial charge in [0.25, 0.3) is 5.91 Å². The number of aryl methyl sites for hydroxylation is 1. The van der Waals surface area contributed by atoms with E-state index in [1.165, 1.54) is 24.0 Å². The Bertz CT molecular complexity index is 751. The Morgan fingerprint density at radius 2 is 1.96 bits per heavy atom. The summed E-state index contributed by atoms with van der Waals surface area (Å²) in [4.78, 5) is 17.5. The minimum absolute atomic E-state index is 0.00356. The molecule has 2 aliphatic rings. The molecule has 150 valence electrons. The number of hydrogen-bond donors (Lipinski definition) is 0. The molecule has 1 aromatic carbocycles. The molecule has 1 unspecified atom stereocenters. The summed E-state index contributed by atoms with van der Waals surface area (Å²) in [5.74, 6) is 0.426. The minimum atomic E-state index is -0.00356. The van der Waals surface area contributed by atoms with E-state index in [9.17, 15) is 4.79 Å². The zero-order valence-electron chi connectivity index (χ0n) is 16.7. The molecular weight excluding hydrogens is 352 g/mol. The van der Waals surface area contributed by atoms with E-state index in [2.05, 4.69) is 36.1 Å². The second kappa shape index (κ2) is 8.93. The van der Waals surface area contributed by atoms with E-state index in [0.29, 0.717) is 25.0 Å². The number of carbonyl (C=O) groups excluding carboxylic acids is 1. The predicted molar refractivity (Wildman–Crippen MR) is 108 cm³/mol. The van der Waals surface area contributed by atoms with Crippen molar-refractivity contribution in [2.24, 2.45) is 0 Å². The normalized spacial score (nSPS) is 21.1. The van der Waals surface area contributed by atoms with Gasteiger partial charge in [0.2, 0.25) is 0 Å². The Morgan fingerprint density at radius 1 is 1.18 bits per heavy atom. The molecule has 2 aromatic rings. The molecule has 1 saturated heterocycles. The maximum absolute atomic E-state index is 13.0. The fraction of sp³-hybridized carbons (Fsp3) is 0.522. The Morgan fingerprint density at radius 3 is 2.68 bits per heavy atom. The molecule has 1 atom stereocenters. The molecule has 2 fully saturated rings. The second-order valence-electron chi connectivity index (χ2n) is 8.09. The van der Waals surface area contributed by atoms with Gasteiger partial charge in [-0.3, -0.25) is 9.69 Å². The molecular formula is C23H30N2O3. The molecule has 5 nitrogen and oxygen atoms in total. The van der Waals surface area contributed by atoms with Gasteiger partial charge in [0.05, 0.1) is 19.0 Å². The van der Waals surface area contributed by atoms with Crippen LogP contribution in [0, 0.1) is 6.92 Å². The first-order chi connectivity index (χ1) is 13.7. The number of ether oxygens (including phenoxy) is 1. The summed E-state index contributed by atoms with van der Waals surface area (Å²) >= 11 is 0. The van der Waals surface area contributed by atoms with Gasteiger partial charge in [-0.2, -0.15) is 0 Å². The fourth-order valence-electron chi connectivity index (χ4n) is 4.36. The van der Waals surface area contributed by atoms with Crippen LogP contribution >= 0.6 is 0 Å². The van der Waals surface area contributed by atoms with E-state index in [4.69, 9.17) is 9.15 Å². The summed E-state index contributed by atoms with van der Waals surface area (Å²) in [6, 6.07) is 12.6. The van der Waals surface area contributed by atoms with E-state index in [-0.39, 0.29) is 12.0 Å². The molecule has 4 rings (SSSR count). The van der Waals surface area contributed by atoms with Gasteiger partial charge in [-0.25, -0.2) is 0 Å². The van der Waals surface area contributed by atoms with E-state index >= 15 is 0 Å². The summed E-state index contributed by atoms with van der Waals surface area (Å²) in [5, 5.41) is 0. The quantitative estimate of drug-likeness (QED) is 0.761. The van der Waals surface area contributed by atoms with Gasteiger partial charge in [0.15, 0.2) is 5.76 Å². The van der Waals surface area contributed by atoms with Crippen LogP contribution in [0.25, 0.3) is 0 Å². The highest BCUT2D eigenvalue weighted by molar-refractivity contribution is 5.91. The van der Waals surface area contributed by atoms with Crippen molar-refractivity contribution in [2.45, 2.75) is 51.3 Å². The molecule has 5 heteroatoms. The molecule has 0 radical (unpaired) electrons. The fourth-order valence-corrected chi connectivity index (χ4v) is 4.36. The first-order valence-corrected chi connectivity index (χ1v) is 10.4. The summed E-state index contributed by atoms with van der Waals surface area (Å²) in [5.41, 5.74) is 2.61. The summed E-state index contributed by atoms with van der Waals surface area (Å²) in [6.07, 6.45) is 6.15. The summed E-state index contributed by atoms with van der Waals surface area (Å²) in [6.45, 7) is 6.17. The van der Waals surface area contributed by atoms with Crippen LogP contribution in [0.5, 0.6) is 0 Å². The van der Waals surface area contributed by atoms with Crippen LogP contribution in [-0.4, -0.2) is 54.1 Å². The lowest BCUT2D eigenvalue weighted by atomic mass is 10.1. The molecule has 0 N–H and O–H groups in total. The third-order valence-electron chi connectivity index (χ3n) is 5.91. The number of carbonyl (C=O) groups is 1.